The molecule has 0 aliphatic rings. The number of aromatic nitrogens is 2. The number of methoxy groups -OCH3 is 1. The maximum Gasteiger partial charge on any atom is 0.267 e. The van der Waals surface area contributed by atoms with Gasteiger partial charge in [-0.3, -0.25) is 9.59 Å². The van der Waals surface area contributed by atoms with E-state index in [2.05, 4.69) is 5.10 Å². The van der Waals surface area contributed by atoms with E-state index in [9.17, 15) is 9.59 Å². The zero-order chi connectivity index (χ0) is 13.8. The summed E-state index contributed by atoms with van der Waals surface area (Å²) in [5.41, 5.74) is 0.115. The smallest absolute Gasteiger partial charge is 0.267 e. The van der Waals surface area contributed by atoms with E-state index in [1.54, 1.807) is 24.3 Å². The molecular weight excluding hydrogens is 268 g/mol. The lowest BCUT2D eigenvalue weighted by Crippen LogP contribution is -2.26. The first kappa shape index (κ1) is 13.3. The zero-order valence-corrected chi connectivity index (χ0v) is 10.9. The maximum atomic E-state index is 12.0. The van der Waals surface area contributed by atoms with E-state index in [4.69, 9.17) is 16.3 Å². The third-order valence-corrected chi connectivity index (χ3v) is 2.76. The Morgan fingerprint density at radius 1 is 1.26 bits per heavy atom. The summed E-state index contributed by atoms with van der Waals surface area (Å²) < 4.78 is 5.98. The van der Waals surface area contributed by atoms with E-state index in [0.717, 1.165) is 4.68 Å². The molecule has 0 unspecified atom stereocenters. The third kappa shape index (κ3) is 3.20. The molecule has 2 aromatic rings. The summed E-state index contributed by atoms with van der Waals surface area (Å²) in [6.07, 6.45) is 0. The van der Waals surface area contributed by atoms with Crippen molar-refractivity contribution in [2.45, 2.75) is 6.54 Å². The quantitative estimate of drug-likeness (QED) is 0.800. The van der Waals surface area contributed by atoms with Crippen molar-refractivity contribution in [2.24, 2.45) is 0 Å². The number of hydrogen-bond acceptors (Lipinski definition) is 4. The predicted molar refractivity (Wildman–Crippen MR) is 70.8 cm³/mol. The topological polar surface area (TPSA) is 61.2 Å². The molecule has 6 heteroatoms. The van der Waals surface area contributed by atoms with E-state index >= 15 is 0 Å². The van der Waals surface area contributed by atoms with Gasteiger partial charge in [0, 0.05) is 22.7 Å². The summed E-state index contributed by atoms with van der Waals surface area (Å²) in [6.45, 7) is -0.141. The van der Waals surface area contributed by atoms with E-state index in [0.29, 0.717) is 10.6 Å². The minimum absolute atomic E-state index is 0.141. The van der Waals surface area contributed by atoms with Crippen LogP contribution in [0.1, 0.15) is 10.4 Å². The number of nitrogens with zero attached hydrogens (tertiary/aromatic N) is 2. The largest absolute Gasteiger partial charge is 0.480 e. The fourth-order valence-corrected chi connectivity index (χ4v) is 1.64. The number of hydrogen-bond donors (Lipinski definition) is 0. The Morgan fingerprint density at radius 2 is 1.95 bits per heavy atom. The Bertz CT molecular complexity index is 650. The third-order valence-electron chi connectivity index (χ3n) is 2.51. The highest BCUT2D eigenvalue weighted by molar-refractivity contribution is 6.30. The Morgan fingerprint density at radius 3 is 2.58 bits per heavy atom. The van der Waals surface area contributed by atoms with Crippen LogP contribution in [0, 0.1) is 0 Å². The van der Waals surface area contributed by atoms with Gasteiger partial charge in [-0.1, -0.05) is 11.6 Å². The molecule has 0 amide bonds. The molecule has 1 aromatic carbocycles. The van der Waals surface area contributed by atoms with Gasteiger partial charge in [-0.15, -0.1) is 5.10 Å². The van der Waals surface area contributed by atoms with E-state index < -0.39 is 0 Å². The van der Waals surface area contributed by atoms with Crippen LogP contribution in [0.4, 0.5) is 0 Å². The summed E-state index contributed by atoms with van der Waals surface area (Å²) in [5.74, 6) is 0.0584. The van der Waals surface area contributed by atoms with Gasteiger partial charge in [0.15, 0.2) is 5.78 Å². The fraction of sp³-hybridized carbons (Fsp3) is 0.154. The van der Waals surface area contributed by atoms with Gasteiger partial charge >= 0.3 is 0 Å². The SMILES string of the molecule is COc1ccc(=O)n(CC(=O)c2ccc(Cl)cc2)n1. The molecular formula is C13H11ClN2O3. The van der Waals surface area contributed by atoms with Gasteiger partial charge in [0.05, 0.1) is 7.11 Å². The van der Waals surface area contributed by atoms with Crippen molar-refractivity contribution in [3.8, 4) is 5.88 Å². The second kappa shape index (κ2) is 5.67. The van der Waals surface area contributed by atoms with Crippen LogP contribution in [0.2, 0.25) is 5.02 Å². The highest BCUT2D eigenvalue weighted by Gasteiger charge is 2.09. The molecule has 1 aromatic heterocycles. The molecule has 0 N–H and O–H groups in total. The molecule has 0 fully saturated rings. The molecule has 0 spiro atoms. The Balaban J connectivity index is 2.23. The molecule has 0 atom stereocenters. The minimum atomic E-state index is -0.358. The Hall–Kier alpha value is -2.14. The number of ketones is 1. The van der Waals surface area contributed by atoms with Crippen LogP contribution in [-0.4, -0.2) is 22.7 Å². The van der Waals surface area contributed by atoms with Gasteiger partial charge < -0.3 is 4.74 Å². The predicted octanol–water partition coefficient (Wildman–Crippen LogP) is 1.79. The number of carbonyl (C=O) groups is 1. The molecule has 2 rings (SSSR count). The summed E-state index contributed by atoms with van der Waals surface area (Å²) >= 11 is 5.75. The van der Waals surface area contributed by atoms with Crippen LogP contribution in [0.25, 0.3) is 0 Å². The highest BCUT2D eigenvalue weighted by Crippen LogP contribution is 2.10. The highest BCUT2D eigenvalue weighted by atomic mass is 35.5. The fourth-order valence-electron chi connectivity index (χ4n) is 1.52. The molecule has 0 aliphatic carbocycles. The van der Waals surface area contributed by atoms with Crippen molar-refractivity contribution in [2.75, 3.05) is 7.11 Å². The summed E-state index contributed by atoms with van der Waals surface area (Å²) in [6, 6.07) is 9.21. The molecule has 1 heterocycles. The van der Waals surface area contributed by atoms with Crippen LogP contribution in [0.3, 0.4) is 0 Å². The molecule has 98 valence electrons. The lowest BCUT2D eigenvalue weighted by Gasteiger charge is -2.05. The number of ether oxygens (including phenoxy) is 1. The average molecular weight is 279 g/mol. The Labute approximate surface area is 114 Å². The number of halogens is 1. The van der Waals surface area contributed by atoms with E-state index in [1.807, 2.05) is 0 Å². The van der Waals surface area contributed by atoms with Crippen LogP contribution in [-0.2, 0) is 6.54 Å². The van der Waals surface area contributed by atoms with Crippen molar-refractivity contribution < 1.29 is 9.53 Å². The molecule has 5 nitrogen and oxygen atoms in total. The van der Waals surface area contributed by atoms with Crippen molar-refractivity contribution in [3.63, 3.8) is 0 Å². The monoisotopic (exact) mass is 278 g/mol. The maximum absolute atomic E-state index is 12.0. The minimum Gasteiger partial charge on any atom is -0.480 e. The number of carbonyl (C=O) groups excluding carboxylic acids is 1. The number of Topliss-reactive ketones (excluding diaryl/α,β-unsaturated/α-hetero) is 1. The standard InChI is InChI=1S/C13H11ClN2O3/c1-19-12-6-7-13(18)16(15-12)8-11(17)9-2-4-10(14)5-3-9/h2-7H,8H2,1H3. The van der Waals surface area contributed by atoms with Crippen molar-refractivity contribution in [3.05, 3.63) is 57.3 Å². The normalized spacial score (nSPS) is 10.2. The molecule has 0 saturated carbocycles. The van der Waals surface area contributed by atoms with Crippen molar-refractivity contribution in [1.29, 1.82) is 0 Å². The van der Waals surface area contributed by atoms with Gasteiger partial charge in [0.2, 0.25) is 5.88 Å². The van der Waals surface area contributed by atoms with E-state index in [1.165, 1.54) is 19.2 Å². The second-order valence-electron chi connectivity index (χ2n) is 3.80. The van der Waals surface area contributed by atoms with E-state index in [-0.39, 0.29) is 23.8 Å². The molecule has 0 aliphatic heterocycles. The van der Waals surface area contributed by atoms with Crippen LogP contribution < -0.4 is 10.3 Å². The first-order chi connectivity index (χ1) is 9.10. The first-order valence-electron chi connectivity index (χ1n) is 5.51. The summed E-state index contributed by atoms with van der Waals surface area (Å²) in [4.78, 5) is 23.6. The van der Waals surface area contributed by atoms with Crippen molar-refractivity contribution in [1.82, 2.24) is 9.78 Å². The van der Waals surface area contributed by atoms with Gasteiger partial charge in [-0.2, -0.15) is 0 Å². The Kier molecular flexibility index (Phi) is 3.97. The molecule has 19 heavy (non-hydrogen) atoms. The number of benzene rings is 1. The summed E-state index contributed by atoms with van der Waals surface area (Å²) in [7, 11) is 1.44. The number of rotatable bonds is 4. The van der Waals surface area contributed by atoms with Gasteiger partial charge in [0.25, 0.3) is 5.56 Å². The van der Waals surface area contributed by atoms with Gasteiger partial charge in [-0.25, -0.2) is 4.68 Å². The van der Waals surface area contributed by atoms with Gasteiger partial charge in [-0.05, 0) is 24.3 Å². The van der Waals surface area contributed by atoms with Crippen molar-refractivity contribution >= 4 is 17.4 Å². The van der Waals surface area contributed by atoms with Crippen LogP contribution in [0.15, 0.2) is 41.2 Å². The average Bonchev–Trinajstić information content (AvgIpc) is 2.42. The lowest BCUT2D eigenvalue weighted by molar-refractivity contribution is 0.0965. The summed E-state index contributed by atoms with van der Waals surface area (Å²) in [5, 5.41) is 4.46. The zero-order valence-electron chi connectivity index (χ0n) is 10.2. The van der Waals surface area contributed by atoms with Crippen LogP contribution >= 0.6 is 11.6 Å². The molecule has 0 radical (unpaired) electrons. The lowest BCUT2D eigenvalue weighted by atomic mass is 10.1. The second-order valence-corrected chi connectivity index (χ2v) is 4.24. The molecule has 0 bridgehead atoms. The molecule has 0 saturated heterocycles. The van der Waals surface area contributed by atoms with Crippen LogP contribution in [0.5, 0.6) is 5.88 Å². The first-order valence-corrected chi connectivity index (χ1v) is 5.89. The van der Waals surface area contributed by atoms with Gasteiger partial charge in [0.1, 0.15) is 6.54 Å².